The van der Waals surface area contributed by atoms with Crippen molar-refractivity contribution < 1.29 is 29.2 Å². The third-order valence-electron chi connectivity index (χ3n) is 15.7. The van der Waals surface area contributed by atoms with E-state index in [0.717, 1.165) is 82.8 Å². The van der Waals surface area contributed by atoms with Crippen molar-refractivity contribution in [3.05, 3.63) is 0 Å². The van der Waals surface area contributed by atoms with Crippen LogP contribution in [-0.2, 0) is 18.9 Å². The lowest BCUT2D eigenvalue weighted by Crippen LogP contribution is -2.57. The molecule has 2 spiro atoms. The summed E-state index contributed by atoms with van der Waals surface area (Å²) in [5.74, 6) is 2.87. The fourth-order valence-electron chi connectivity index (χ4n) is 13.5. The number of fused-ring (bicyclic) bond motifs is 4. The van der Waals surface area contributed by atoms with Crippen LogP contribution < -0.4 is 0 Å². The molecule has 0 aromatic rings. The highest BCUT2D eigenvalue weighted by Crippen LogP contribution is 2.87. The maximum atomic E-state index is 10.9. The summed E-state index contributed by atoms with van der Waals surface area (Å²) >= 11 is 0. The molecule has 5 saturated carbocycles. The van der Waals surface area contributed by atoms with Crippen LogP contribution in [-0.4, -0.2) is 90.4 Å². The molecule has 44 heavy (non-hydrogen) atoms. The summed E-state index contributed by atoms with van der Waals surface area (Å²) in [4.78, 5) is 2.62. The van der Waals surface area contributed by atoms with Crippen molar-refractivity contribution in [3.8, 4) is 0 Å². The van der Waals surface area contributed by atoms with Crippen molar-refractivity contribution in [1.29, 1.82) is 0 Å². The highest BCUT2D eigenvalue weighted by molar-refractivity contribution is 5.29. The minimum atomic E-state index is -1.13. The number of hydrogen-bond acceptors (Lipinski definition) is 7. The molecule has 8 rings (SSSR count). The first-order chi connectivity index (χ1) is 20.9. The van der Waals surface area contributed by atoms with E-state index in [0.29, 0.717) is 28.2 Å². The molecular weight excluding hydrogens is 554 g/mol. The molecule has 7 nitrogen and oxygen atoms in total. The standard InChI is InChI=1S/C37H61NO6/c1-33(2)29-9-7-24-26-20-28-25(6-8-27(43-28)32(39)34(3,4)40)35(26,5)14-15-36(24)22-37(29,36)13-10-30(33)44-31-21-38(16-19-42-31)23-11-17-41-18-12-23/h23-32,39-40H,6-22H2,1-5H3/t24?,25?,26?,27?,28?,29?,30-,31?,32-,35?,36-,37?/m0/s1. The van der Waals surface area contributed by atoms with Gasteiger partial charge >= 0.3 is 0 Å². The van der Waals surface area contributed by atoms with Gasteiger partial charge in [0.1, 0.15) is 6.10 Å². The number of hydrogen-bond donors (Lipinski definition) is 2. The topological polar surface area (TPSA) is 80.6 Å². The number of rotatable bonds is 5. The molecule has 0 aromatic heterocycles. The van der Waals surface area contributed by atoms with Crippen LogP contribution in [0.15, 0.2) is 0 Å². The highest BCUT2D eigenvalue weighted by atomic mass is 16.7. The van der Waals surface area contributed by atoms with Crippen LogP contribution in [0.1, 0.15) is 112 Å². The molecule has 8 aliphatic rings. The minimum absolute atomic E-state index is 0.106. The van der Waals surface area contributed by atoms with Crippen molar-refractivity contribution >= 4 is 0 Å². The average molecular weight is 616 g/mol. The fraction of sp³-hybridized carbons (Fsp3) is 1.00. The first-order valence-electron chi connectivity index (χ1n) is 18.5. The molecule has 0 radical (unpaired) electrons. The first-order valence-corrected chi connectivity index (χ1v) is 18.5. The summed E-state index contributed by atoms with van der Waals surface area (Å²) < 4.78 is 25.6. The van der Waals surface area contributed by atoms with Gasteiger partial charge in [-0.3, -0.25) is 4.90 Å². The summed E-state index contributed by atoms with van der Waals surface area (Å²) in [5, 5.41) is 21.4. The van der Waals surface area contributed by atoms with Crippen LogP contribution in [0, 0.1) is 45.3 Å². The second kappa shape index (κ2) is 10.6. The third-order valence-corrected chi connectivity index (χ3v) is 15.7. The van der Waals surface area contributed by atoms with Gasteiger partial charge in [0.05, 0.1) is 30.5 Å². The smallest absolute Gasteiger partial charge is 0.170 e. The van der Waals surface area contributed by atoms with E-state index in [1.807, 2.05) is 0 Å². The maximum absolute atomic E-state index is 10.9. The maximum Gasteiger partial charge on any atom is 0.170 e. The predicted molar refractivity (Wildman–Crippen MR) is 168 cm³/mol. The van der Waals surface area contributed by atoms with Gasteiger partial charge in [-0.2, -0.15) is 0 Å². The summed E-state index contributed by atoms with van der Waals surface area (Å²) in [5.41, 5.74) is 0.398. The summed E-state index contributed by atoms with van der Waals surface area (Å²) in [6.07, 6.45) is 14.1. The Morgan fingerprint density at radius 1 is 0.864 bits per heavy atom. The van der Waals surface area contributed by atoms with E-state index in [1.165, 1.54) is 44.9 Å². The molecule has 5 aliphatic carbocycles. The van der Waals surface area contributed by atoms with Gasteiger partial charge in [-0.1, -0.05) is 20.8 Å². The Morgan fingerprint density at radius 2 is 1.64 bits per heavy atom. The second-order valence-corrected chi connectivity index (χ2v) is 18.2. The van der Waals surface area contributed by atoms with Gasteiger partial charge in [-0.15, -0.1) is 0 Å². The number of aliphatic hydroxyl groups is 2. The number of ether oxygens (including phenoxy) is 4. The fourth-order valence-corrected chi connectivity index (χ4v) is 13.5. The molecule has 2 N–H and O–H groups in total. The Balaban J connectivity index is 0.955. The van der Waals surface area contributed by atoms with E-state index in [9.17, 15) is 10.2 Å². The third kappa shape index (κ3) is 4.52. The summed E-state index contributed by atoms with van der Waals surface area (Å²) in [6, 6.07) is 0.613. The Bertz CT molecular complexity index is 1090. The van der Waals surface area contributed by atoms with E-state index < -0.39 is 11.7 Å². The number of aliphatic hydroxyl groups excluding tert-OH is 1. The van der Waals surface area contributed by atoms with Crippen molar-refractivity contribution in [2.75, 3.05) is 32.9 Å². The number of morpholine rings is 1. The monoisotopic (exact) mass is 615 g/mol. The van der Waals surface area contributed by atoms with E-state index in [2.05, 4.69) is 25.7 Å². The van der Waals surface area contributed by atoms with Crippen molar-refractivity contribution in [2.45, 2.75) is 154 Å². The molecule has 0 bridgehead atoms. The zero-order valence-corrected chi connectivity index (χ0v) is 28.3. The van der Waals surface area contributed by atoms with Crippen LogP contribution in [0.2, 0.25) is 0 Å². The molecule has 0 amide bonds. The van der Waals surface area contributed by atoms with Crippen molar-refractivity contribution in [3.63, 3.8) is 0 Å². The lowest BCUT2D eigenvalue weighted by Gasteiger charge is -2.60. The molecular formula is C37H61NO6. The summed E-state index contributed by atoms with van der Waals surface area (Å²) in [7, 11) is 0. The van der Waals surface area contributed by atoms with E-state index in [4.69, 9.17) is 18.9 Å². The molecule has 3 saturated heterocycles. The minimum Gasteiger partial charge on any atom is -0.388 e. The Kier molecular flexibility index (Phi) is 7.48. The second-order valence-electron chi connectivity index (χ2n) is 18.2. The molecule has 250 valence electrons. The van der Waals surface area contributed by atoms with Gasteiger partial charge in [-0.25, -0.2) is 0 Å². The quantitative estimate of drug-likeness (QED) is 0.420. The van der Waals surface area contributed by atoms with Crippen LogP contribution in [0.25, 0.3) is 0 Å². The van der Waals surface area contributed by atoms with Crippen molar-refractivity contribution in [1.82, 2.24) is 4.90 Å². The Morgan fingerprint density at radius 3 is 2.41 bits per heavy atom. The first kappa shape index (κ1) is 31.0. The normalized spacial score (nSPS) is 51.3. The molecule has 8 fully saturated rings. The van der Waals surface area contributed by atoms with Gasteiger partial charge in [0.25, 0.3) is 0 Å². The average Bonchev–Trinajstić information content (AvgIpc) is 3.58. The van der Waals surface area contributed by atoms with Crippen LogP contribution >= 0.6 is 0 Å². The van der Waals surface area contributed by atoms with Crippen LogP contribution in [0.3, 0.4) is 0 Å². The van der Waals surface area contributed by atoms with Crippen molar-refractivity contribution in [2.24, 2.45) is 45.3 Å². The number of nitrogens with zero attached hydrogens (tertiary/aromatic N) is 1. The molecule has 3 heterocycles. The van der Waals surface area contributed by atoms with Gasteiger partial charge < -0.3 is 29.2 Å². The zero-order chi connectivity index (χ0) is 30.7. The lowest BCUT2D eigenvalue weighted by molar-refractivity contribution is -0.249. The van der Waals surface area contributed by atoms with Gasteiger partial charge in [0.15, 0.2) is 6.29 Å². The Labute approximate surface area is 266 Å². The zero-order valence-electron chi connectivity index (χ0n) is 28.3. The Hall–Kier alpha value is -0.280. The van der Waals surface area contributed by atoms with Gasteiger partial charge in [-0.05, 0) is 136 Å². The van der Waals surface area contributed by atoms with Gasteiger partial charge in [0.2, 0.25) is 0 Å². The van der Waals surface area contributed by atoms with E-state index >= 15 is 0 Å². The van der Waals surface area contributed by atoms with Crippen LogP contribution in [0.4, 0.5) is 0 Å². The molecule has 9 unspecified atom stereocenters. The predicted octanol–water partition coefficient (Wildman–Crippen LogP) is 5.55. The largest absolute Gasteiger partial charge is 0.388 e. The highest BCUT2D eigenvalue weighted by Gasteiger charge is 2.80. The van der Waals surface area contributed by atoms with E-state index in [-0.39, 0.29) is 30.0 Å². The van der Waals surface area contributed by atoms with E-state index in [1.54, 1.807) is 13.8 Å². The van der Waals surface area contributed by atoms with Crippen LogP contribution in [0.5, 0.6) is 0 Å². The summed E-state index contributed by atoms with van der Waals surface area (Å²) in [6.45, 7) is 15.6. The lowest BCUT2D eigenvalue weighted by atomic mass is 9.46. The molecule has 12 atom stereocenters. The van der Waals surface area contributed by atoms with Gasteiger partial charge in [0, 0.05) is 32.3 Å². The SMILES string of the molecule is CC12CC[C@@]34CC35CC[C@H](OC3CN(C6CCOCC6)CCO3)C(C)(C)C5CCC4C1CC1OC([C@H](O)C(C)(C)O)CCC12. The molecule has 7 heteroatoms. The molecule has 3 aliphatic heterocycles. The molecule has 0 aromatic carbocycles.